The summed E-state index contributed by atoms with van der Waals surface area (Å²) < 4.78 is 4.69. The van der Waals surface area contributed by atoms with Crippen LogP contribution in [0.1, 0.15) is 18.3 Å². The number of hydrogen-bond acceptors (Lipinski definition) is 4. The van der Waals surface area contributed by atoms with Crippen LogP contribution in [0.25, 0.3) is 0 Å². The van der Waals surface area contributed by atoms with Gasteiger partial charge in [-0.15, -0.1) is 0 Å². The molecule has 1 unspecified atom stereocenters. The van der Waals surface area contributed by atoms with Crippen molar-refractivity contribution < 1.29 is 9.63 Å². The van der Waals surface area contributed by atoms with Gasteiger partial charge in [0.15, 0.2) is 5.76 Å². The Morgan fingerprint density at radius 1 is 1.80 bits per heavy atom. The van der Waals surface area contributed by atoms with E-state index in [4.69, 9.17) is 10.3 Å². The van der Waals surface area contributed by atoms with E-state index in [1.807, 2.05) is 0 Å². The second kappa shape index (κ2) is 3.34. The van der Waals surface area contributed by atoms with Gasteiger partial charge >= 0.3 is 0 Å². The lowest BCUT2D eigenvalue weighted by molar-refractivity contribution is 0.133. The van der Waals surface area contributed by atoms with E-state index in [0.29, 0.717) is 18.7 Å². The molecule has 1 aromatic heterocycles. The van der Waals surface area contributed by atoms with E-state index in [0.717, 1.165) is 0 Å². The average molecular weight is 142 g/mol. The fourth-order valence-corrected chi connectivity index (χ4v) is 0.698. The van der Waals surface area contributed by atoms with Crippen LogP contribution in [0.3, 0.4) is 0 Å². The van der Waals surface area contributed by atoms with Crippen molar-refractivity contribution in [2.75, 3.05) is 6.54 Å². The van der Waals surface area contributed by atoms with Gasteiger partial charge in [-0.05, 0) is 13.0 Å². The van der Waals surface area contributed by atoms with Crippen molar-refractivity contribution >= 4 is 0 Å². The largest absolute Gasteiger partial charge is 0.385 e. The van der Waals surface area contributed by atoms with Crippen LogP contribution in [-0.2, 0) is 0 Å². The Hall–Kier alpha value is -0.870. The number of aromatic nitrogens is 1. The topological polar surface area (TPSA) is 72.3 Å². The van der Waals surface area contributed by atoms with E-state index < -0.39 is 6.10 Å². The molecule has 0 spiro atoms. The standard InChI is InChI=1S/C6H10N2O2/c7-3-1-5(9)6-2-4-8-10-6/h2,4-5,9H,1,3,7H2. The molecule has 3 N–H and O–H groups in total. The predicted molar refractivity (Wildman–Crippen MR) is 35.1 cm³/mol. The van der Waals surface area contributed by atoms with Crippen LogP contribution in [0.15, 0.2) is 16.8 Å². The minimum atomic E-state index is -0.604. The van der Waals surface area contributed by atoms with Crippen LogP contribution in [0.2, 0.25) is 0 Å². The molecule has 0 aliphatic heterocycles. The van der Waals surface area contributed by atoms with E-state index in [2.05, 4.69) is 5.16 Å². The highest BCUT2D eigenvalue weighted by Crippen LogP contribution is 2.13. The summed E-state index contributed by atoms with van der Waals surface area (Å²) in [5.74, 6) is 0.477. The average Bonchev–Trinajstić information content (AvgIpc) is 2.38. The smallest absolute Gasteiger partial charge is 0.165 e. The second-order valence-electron chi connectivity index (χ2n) is 2.01. The molecular formula is C6H10N2O2. The molecule has 0 bridgehead atoms. The van der Waals surface area contributed by atoms with Crippen molar-refractivity contribution in [1.29, 1.82) is 0 Å². The molecule has 10 heavy (non-hydrogen) atoms. The Kier molecular flexibility index (Phi) is 2.42. The van der Waals surface area contributed by atoms with Gasteiger partial charge in [0.05, 0.1) is 6.20 Å². The normalized spacial score (nSPS) is 13.4. The van der Waals surface area contributed by atoms with Crippen LogP contribution >= 0.6 is 0 Å². The quantitative estimate of drug-likeness (QED) is 0.625. The monoisotopic (exact) mass is 142 g/mol. The van der Waals surface area contributed by atoms with E-state index in [1.165, 1.54) is 6.20 Å². The Balaban J connectivity index is 2.50. The summed E-state index contributed by atoms with van der Waals surface area (Å²) in [5.41, 5.74) is 5.21. The molecule has 0 fully saturated rings. The van der Waals surface area contributed by atoms with Gasteiger partial charge in [-0.25, -0.2) is 0 Å². The first-order valence-electron chi connectivity index (χ1n) is 3.13. The summed E-state index contributed by atoms with van der Waals surface area (Å²) in [6.07, 6.45) is 1.40. The predicted octanol–water partition coefficient (Wildman–Crippen LogP) is 0.0568. The summed E-state index contributed by atoms with van der Waals surface area (Å²) in [6, 6.07) is 1.63. The van der Waals surface area contributed by atoms with Crippen molar-refractivity contribution in [3.8, 4) is 0 Å². The highest BCUT2D eigenvalue weighted by Gasteiger charge is 2.08. The molecule has 0 saturated heterocycles. The SMILES string of the molecule is NCCC(O)c1ccno1. The molecule has 0 aliphatic rings. The van der Waals surface area contributed by atoms with Crippen LogP contribution in [-0.4, -0.2) is 16.8 Å². The first kappa shape index (κ1) is 7.24. The molecule has 1 heterocycles. The number of aliphatic hydroxyl groups excluding tert-OH is 1. The minimum Gasteiger partial charge on any atom is -0.385 e. The Morgan fingerprint density at radius 3 is 3.10 bits per heavy atom. The molecule has 0 aromatic carbocycles. The third-order valence-corrected chi connectivity index (χ3v) is 1.23. The summed E-state index contributed by atoms with van der Waals surface area (Å²) >= 11 is 0. The van der Waals surface area contributed by atoms with E-state index in [-0.39, 0.29) is 0 Å². The van der Waals surface area contributed by atoms with Crippen LogP contribution < -0.4 is 5.73 Å². The summed E-state index contributed by atoms with van der Waals surface area (Å²) in [5, 5.41) is 12.6. The fourth-order valence-electron chi connectivity index (χ4n) is 0.698. The van der Waals surface area contributed by atoms with Crippen LogP contribution in [0.4, 0.5) is 0 Å². The van der Waals surface area contributed by atoms with Crippen LogP contribution in [0.5, 0.6) is 0 Å². The molecule has 0 aliphatic carbocycles. The minimum absolute atomic E-state index is 0.446. The Bertz CT molecular complexity index is 174. The van der Waals surface area contributed by atoms with Gasteiger partial charge in [-0.1, -0.05) is 5.16 Å². The molecule has 0 amide bonds. The number of hydrogen-bond donors (Lipinski definition) is 2. The molecule has 1 aromatic rings. The number of nitrogens with zero attached hydrogens (tertiary/aromatic N) is 1. The third kappa shape index (κ3) is 1.55. The lowest BCUT2D eigenvalue weighted by Crippen LogP contribution is -2.05. The summed E-state index contributed by atoms with van der Waals surface area (Å²) in [6.45, 7) is 0.446. The molecule has 4 nitrogen and oxygen atoms in total. The van der Waals surface area contributed by atoms with E-state index in [9.17, 15) is 5.11 Å². The molecule has 1 atom stereocenters. The van der Waals surface area contributed by atoms with E-state index in [1.54, 1.807) is 6.07 Å². The maximum absolute atomic E-state index is 9.20. The molecule has 4 heteroatoms. The summed E-state index contributed by atoms with van der Waals surface area (Å²) in [4.78, 5) is 0. The number of nitrogens with two attached hydrogens (primary N) is 1. The Labute approximate surface area is 58.6 Å². The molecular weight excluding hydrogens is 132 g/mol. The lowest BCUT2D eigenvalue weighted by atomic mass is 10.2. The molecule has 1 rings (SSSR count). The van der Waals surface area contributed by atoms with Crippen molar-refractivity contribution in [1.82, 2.24) is 5.16 Å². The number of rotatable bonds is 3. The zero-order valence-electron chi connectivity index (χ0n) is 5.53. The van der Waals surface area contributed by atoms with E-state index >= 15 is 0 Å². The van der Waals surface area contributed by atoms with Gasteiger partial charge in [-0.2, -0.15) is 0 Å². The third-order valence-electron chi connectivity index (χ3n) is 1.23. The fraction of sp³-hybridized carbons (Fsp3) is 0.500. The van der Waals surface area contributed by atoms with Gasteiger partial charge in [0.25, 0.3) is 0 Å². The molecule has 0 radical (unpaired) electrons. The van der Waals surface area contributed by atoms with Crippen LogP contribution in [0, 0.1) is 0 Å². The second-order valence-corrected chi connectivity index (χ2v) is 2.01. The highest BCUT2D eigenvalue weighted by molar-refractivity contribution is 4.96. The molecule has 0 saturated carbocycles. The lowest BCUT2D eigenvalue weighted by Gasteiger charge is -2.01. The molecule has 56 valence electrons. The van der Waals surface area contributed by atoms with Gasteiger partial charge < -0.3 is 15.4 Å². The van der Waals surface area contributed by atoms with Gasteiger partial charge in [0.1, 0.15) is 6.10 Å². The highest BCUT2D eigenvalue weighted by atomic mass is 16.5. The van der Waals surface area contributed by atoms with Crippen molar-refractivity contribution in [2.24, 2.45) is 5.73 Å². The first-order chi connectivity index (χ1) is 4.84. The zero-order valence-corrected chi connectivity index (χ0v) is 5.53. The first-order valence-corrected chi connectivity index (χ1v) is 3.13. The van der Waals surface area contributed by atoms with Crippen molar-refractivity contribution in [2.45, 2.75) is 12.5 Å². The van der Waals surface area contributed by atoms with Gasteiger partial charge in [0, 0.05) is 6.07 Å². The maximum atomic E-state index is 9.20. The Morgan fingerprint density at radius 2 is 2.60 bits per heavy atom. The summed E-state index contributed by atoms with van der Waals surface area (Å²) in [7, 11) is 0. The van der Waals surface area contributed by atoms with Crippen molar-refractivity contribution in [3.05, 3.63) is 18.0 Å². The zero-order chi connectivity index (χ0) is 7.40. The number of aliphatic hydroxyl groups is 1. The maximum Gasteiger partial charge on any atom is 0.165 e. The van der Waals surface area contributed by atoms with Gasteiger partial charge in [0.2, 0.25) is 0 Å². The van der Waals surface area contributed by atoms with Crippen molar-refractivity contribution in [3.63, 3.8) is 0 Å². The van der Waals surface area contributed by atoms with Gasteiger partial charge in [-0.3, -0.25) is 0 Å².